The zero-order valence-corrected chi connectivity index (χ0v) is 10.8. The largest absolute Gasteiger partial charge is 0.333 e. The SMILES string of the molecule is CC(Sc1nc2ccccc2[nH]1)c1ccccn1. The molecule has 18 heavy (non-hydrogen) atoms. The second-order valence-electron chi connectivity index (χ2n) is 4.07. The number of rotatable bonds is 3. The lowest BCUT2D eigenvalue weighted by Gasteiger charge is -2.07. The van der Waals surface area contributed by atoms with Crippen LogP contribution in [0.1, 0.15) is 17.9 Å². The van der Waals surface area contributed by atoms with Crippen molar-refractivity contribution in [3.8, 4) is 0 Å². The van der Waals surface area contributed by atoms with Crippen molar-refractivity contribution in [3.05, 3.63) is 54.4 Å². The number of benzene rings is 1. The smallest absolute Gasteiger partial charge is 0.167 e. The van der Waals surface area contributed by atoms with Gasteiger partial charge in [-0.3, -0.25) is 4.98 Å². The first kappa shape index (κ1) is 11.3. The summed E-state index contributed by atoms with van der Waals surface area (Å²) in [6, 6.07) is 14.1. The number of pyridine rings is 1. The highest BCUT2D eigenvalue weighted by atomic mass is 32.2. The average Bonchev–Trinajstić information content (AvgIpc) is 2.82. The Kier molecular flexibility index (Phi) is 3.02. The van der Waals surface area contributed by atoms with Gasteiger partial charge in [0, 0.05) is 6.20 Å². The molecule has 3 aromatic rings. The van der Waals surface area contributed by atoms with Crippen molar-refractivity contribution in [3.63, 3.8) is 0 Å². The highest BCUT2D eigenvalue weighted by Crippen LogP contribution is 2.32. The minimum absolute atomic E-state index is 0.284. The van der Waals surface area contributed by atoms with Gasteiger partial charge in [0.25, 0.3) is 0 Å². The highest BCUT2D eigenvalue weighted by molar-refractivity contribution is 7.99. The van der Waals surface area contributed by atoms with Crippen molar-refractivity contribution in [2.75, 3.05) is 0 Å². The standard InChI is InChI=1S/C14H13N3S/c1-10(11-6-4-5-9-15-11)18-14-16-12-7-2-3-8-13(12)17-14/h2-10H,1H3,(H,16,17). The van der Waals surface area contributed by atoms with Gasteiger partial charge in [0.05, 0.1) is 22.0 Å². The summed E-state index contributed by atoms with van der Waals surface area (Å²) in [5, 5.41) is 1.22. The number of nitrogens with zero attached hydrogens (tertiary/aromatic N) is 2. The number of nitrogens with one attached hydrogen (secondary N) is 1. The van der Waals surface area contributed by atoms with Gasteiger partial charge in [-0.25, -0.2) is 4.98 Å². The van der Waals surface area contributed by atoms with Gasteiger partial charge in [-0.1, -0.05) is 30.0 Å². The van der Waals surface area contributed by atoms with Gasteiger partial charge < -0.3 is 4.98 Å². The van der Waals surface area contributed by atoms with Crippen LogP contribution in [0.15, 0.2) is 53.8 Å². The molecule has 0 radical (unpaired) electrons. The Morgan fingerprint density at radius 2 is 1.94 bits per heavy atom. The van der Waals surface area contributed by atoms with E-state index in [9.17, 15) is 0 Å². The van der Waals surface area contributed by atoms with Crippen molar-refractivity contribution in [1.82, 2.24) is 15.0 Å². The number of aromatic nitrogens is 3. The predicted molar refractivity (Wildman–Crippen MR) is 74.6 cm³/mol. The number of hydrogen-bond acceptors (Lipinski definition) is 3. The molecule has 1 unspecified atom stereocenters. The normalized spacial score (nSPS) is 12.7. The van der Waals surface area contributed by atoms with Crippen LogP contribution >= 0.6 is 11.8 Å². The van der Waals surface area contributed by atoms with Gasteiger partial charge in [0.1, 0.15) is 0 Å². The first-order valence-corrected chi connectivity index (χ1v) is 6.73. The van der Waals surface area contributed by atoms with E-state index in [4.69, 9.17) is 0 Å². The van der Waals surface area contributed by atoms with Gasteiger partial charge in [-0.2, -0.15) is 0 Å². The Morgan fingerprint density at radius 1 is 1.11 bits per heavy atom. The Balaban J connectivity index is 1.84. The summed E-state index contributed by atoms with van der Waals surface area (Å²) in [7, 11) is 0. The molecule has 4 heteroatoms. The van der Waals surface area contributed by atoms with Crippen molar-refractivity contribution in [1.29, 1.82) is 0 Å². The van der Waals surface area contributed by atoms with Crippen LogP contribution in [0.2, 0.25) is 0 Å². The van der Waals surface area contributed by atoms with Crippen LogP contribution in [0.4, 0.5) is 0 Å². The second kappa shape index (κ2) is 4.82. The molecule has 0 spiro atoms. The summed E-state index contributed by atoms with van der Waals surface area (Å²) in [4.78, 5) is 12.2. The topological polar surface area (TPSA) is 41.6 Å². The summed E-state index contributed by atoms with van der Waals surface area (Å²) in [6.07, 6.45) is 1.82. The molecule has 0 aliphatic rings. The van der Waals surface area contributed by atoms with Gasteiger partial charge >= 0.3 is 0 Å². The second-order valence-corrected chi connectivity index (χ2v) is 5.40. The van der Waals surface area contributed by atoms with E-state index in [1.807, 2.05) is 48.7 Å². The molecule has 0 amide bonds. The summed E-state index contributed by atoms with van der Waals surface area (Å²) in [6.45, 7) is 2.14. The molecule has 2 heterocycles. The van der Waals surface area contributed by atoms with E-state index in [0.29, 0.717) is 0 Å². The van der Waals surface area contributed by atoms with E-state index in [1.54, 1.807) is 11.8 Å². The lowest BCUT2D eigenvalue weighted by atomic mass is 10.3. The highest BCUT2D eigenvalue weighted by Gasteiger charge is 2.11. The van der Waals surface area contributed by atoms with Crippen LogP contribution < -0.4 is 0 Å². The Labute approximate surface area is 110 Å². The Bertz CT molecular complexity index is 615. The van der Waals surface area contributed by atoms with Gasteiger partial charge in [-0.15, -0.1) is 0 Å². The van der Waals surface area contributed by atoms with Crippen LogP contribution in [0.5, 0.6) is 0 Å². The van der Waals surface area contributed by atoms with Crippen LogP contribution in [-0.4, -0.2) is 15.0 Å². The monoisotopic (exact) mass is 255 g/mol. The lowest BCUT2D eigenvalue weighted by Crippen LogP contribution is -1.92. The maximum Gasteiger partial charge on any atom is 0.167 e. The Hall–Kier alpha value is -1.81. The zero-order valence-electron chi connectivity index (χ0n) is 10.00. The number of fused-ring (bicyclic) bond motifs is 1. The molecule has 2 aromatic heterocycles. The number of para-hydroxylation sites is 2. The molecule has 90 valence electrons. The predicted octanol–water partition coefficient (Wildman–Crippen LogP) is 3.81. The third-order valence-electron chi connectivity index (χ3n) is 2.76. The molecular formula is C14H13N3S. The fraction of sp³-hybridized carbons (Fsp3) is 0.143. The van der Waals surface area contributed by atoms with E-state index in [2.05, 4.69) is 21.9 Å². The van der Waals surface area contributed by atoms with Gasteiger partial charge in [0.2, 0.25) is 0 Å². The van der Waals surface area contributed by atoms with E-state index in [1.165, 1.54) is 0 Å². The van der Waals surface area contributed by atoms with Crippen LogP contribution in [0, 0.1) is 0 Å². The first-order chi connectivity index (χ1) is 8.83. The average molecular weight is 255 g/mol. The third-order valence-corrected chi connectivity index (χ3v) is 3.77. The maximum absolute atomic E-state index is 4.56. The molecule has 1 aromatic carbocycles. The van der Waals surface area contributed by atoms with E-state index < -0.39 is 0 Å². The number of hydrogen-bond donors (Lipinski definition) is 1. The van der Waals surface area contributed by atoms with Gasteiger partial charge in [0.15, 0.2) is 5.16 Å². The molecule has 3 rings (SSSR count). The van der Waals surface area contributed by atoms with E-state index >= 15 is 0 Å². The van der Waals surface area contributed by atoms with E-state index in [-0.39, 0.29) is 5.25 Å². The summed E-state index contributed by atoms with van der Waals surface area (Å²) in [5.74, 6) is 0. The zero-order chi connectivity index (χ0) is 12.4. The minimum Gasteiger partial charge on any atom is -0.333 e. The summed E-state index contributed by atoms with van der Waals surface area (Å²) >= 11 is 1.69. The Morgan fingerprint density at radius 3 is 2.72 bits per heavy atom. The summed E-state index contributed by atoms with van der Waals surface area (Å²) in [5.41, 5.74) is 3.16. The number of aromatic amines is 1. The molecule has 0 saturated heterocycles. The lowest BCUT2D eigenvalue weighted by molar-refractivity contribution is 0.984. The molecular weight excluding hydrogens is 242 g/mol. The van der Waals surface area contributed by atoms with Crippen molar-refractivity contribution >= 4 is 22.8 Å². The minimum atomic E-state index is 0.284. The molecule has 1 atom stereocenters. The molecule has 0 aliphatic carbocycles. The fourth-order valence-corrected chi connectivity index (χ4v) is 2.74. The first-order valence-electron chi connectivity index (χ1n) is 5.85. The van der Waals surface area contributed by atoms with Crippen molar-refractivity contribution < 1.29 is 0 Å². The van der Waals surface area contributed by atoms with Gasteiger partial charge in [-0.05, 0) is 31.2 Å². The van der Waals surface area contributed by atoms with Crippen molar-refractivity contribution in [2.45, 2.75) is 17.3 Å². The van der Waals surface area contributed by atoms with Crippen LogP contribution in [0.3, 0.4) is 0 Å². The summed E-state index contributed by atoms with van der Waals surface area (Å²) < 4.78 is 0. The van der Waals surface area contributed by atoms with Crippen LogP contribution in [0.25, 0.3) is 11.0 Å². The quantitative estimate of drug-likeness (QED) is 0.723. The number of imidazole rings is 1. The number of H-pyrrole nitrogens is 1. The maximum atomic E-state index is 4.56. The molecule has 3 nitrogen and oxygen atoms in total. The fourth-order valence-electron chi connectivity index (χ4n) is 1.83. The molecule has 1 N–H and O–H groups in total. The van der Waals surface area contributed by atoms with Crippen LogP contribution in [-0.2, 0) is 0 Å². The molecule has 0 aliphatic heterocycles. The number of thioether (sulfide) groups is 1. The molecule has 0 fully saturated rings. The van der Waals surface area contributed by atoms with Crippen molar-refractivity contribution in [2.24, 2.45) is 0 Å². The molecule has 0 saturated carbocycles. The molecule has 0 bridgehead atoms. The third kappa shape index (κ3) is 2.24. The van der Waals surface area contributed by atoms with E-state index in [0.717, 1.165) is 21.9 Å².